The van der Waals surface area contributed by atoms with Gasteiger partial charge < -0.3 is 14.2 Å². The maximum Gasteiger partial charge on any atom is 0.308 e. The second-order valence-electron chi connectivity index (χ2n) is 4.10. The van der Waals surface area contributed by atoms with Crippen LogP contribution in [0, 0.1) is 6.07 Å². The van der Waals surface area contributed by atoms with Crippen LogP contribution in [-0.4, -0.2) is 20.2 Å². The zero-order valence-electron chi connectivity index (χ0n) is 11.6. The van der Waals surface area contributed by atoms with Crippen LogP contribution in [0.2, 0.25) is 0 Å². The van der Waals surface area contributed by atoms with Crippen LogP contribution < -0.4 is 14.2 Å². The van der Waals surface area contributed by atoms with Gasteiger partial charge in [0, 0.05) is 12.5 Å². The Balaban J connectivity index is 2.42. The lowest BCUT2D eigenvalue weighted by atomic mass is 10.0. The van der Waals surface area contributed by atoms with Crippen LogP contribution in [0.15, 0.2) is 36.4 Å². The van der Waals surface area contributed by atoms with Crippen LogP contribution in [0.25, 0.3) is 11.1 Å². The van der Waals surface area contributed by atoms with Crippen molar-refractivity contribution in [1.29, 1.82) is 0 Å². The molecule has 2 aromatic carbocycles. The lowest BCUT2D eigenvalue weighted by Crippen LogP contribution is -2.01. The summed E-state index contributed by atoms with van der Waals surface area (Å²) in [7, 11) is 3.15. The van der Waals surface area contributed by atoms with Gasteiger partial charge in [0.1, 0.15) is 17.2 Å². The normalized spacial score (nSPS) is 9.95. The van der Waals surface area contributed by atoms with Crippen LogP contribution in [-0.2, 0) is 4.79 Å². The van der Waals surface area contributed by atoms with Crippen molar-refractivity contribution < 1.29 is 19.0 Å². The van der Waals surface area contributed by atoms with E-state index in [0.717, 1.165) is 11.1 Å². The van der Waals surface area contributed by atoms with Gasteiger partial charge in [-0.15, -0.1) is 0 Å². The van der Waals surface area contributed by atoms with Crippen LogP contribution in [0.4, 0.5) is 0 Å². The van der Waals surface area contributed by atoms with Crippen molar-refractivity contribution in [2.24, 2.45) is 0 Å². The van der Waals surface area contributed by atoms with E-state index < -0.39 is 0 Å². The summed E-state index contributed by atoms with van der Waals surface area (Å²) in [5.41, 5.74) is 1.72. The third-order valence-electron chi connectivity index (χ3n) is 2.71. The van der Waals surface area contributed by atoms with E-state index in [1.165, 1.54) is 6.92 Å². The van der Waals surface area contributed by atoms with Gasteiger partial charge in [0.2, 0.25) is 0 Å². The highest BCUT2D eigenvalue weighted by Gasteiger charge is 2.09. The predicted molar refractivity (Wildman–Crippen MR) is 75.1 cm³/mol. The SMILES string of the molecule is COc1[c]c(OC)c(-c2cccc(OC(C)=O)c2)cc1. The number of hydrogen-bond acceptors (Lipinski definition) is 4. The quantitative estimate of drug-likeness (QED) is 0.633. The number of carbonyl (C=O) groups is 1. The predicted octanol–water partition coefficient (Wildman–Crippen LogP) is 3.10. The van der Waals surface area contributed by atoms with E-state index in [1.54, 1.807) is 32.4 Å². The molecule has 1 radical (unpaired) electrons. The monoisotopic (exact) mass is 271 g/mol. The molecule has 0 fully saturated rings. The zero-order chi connectivity index (χ0) is 14.5. The Morgan fingerprint density at radius 3 is 2.55 bits per heavy atom. The molecule has 0 saturated heterocycles. The molecule has 0 heterocycles. The molecule has 0 atom stereocenters. The van der Waals surface area contributed by atoms with Crippen molar-refractivity contribution in [2.45, 2.75) is 6.92 Å². The van der Waals surface area contributed by atoms with Gasteiger partial charge in [-0.05, 0) is 29.8 Å². The van der Waals surface area contributed by atoms with Crippen molar-refractivity contribution in [3.63, 3.8) is 0 Å². The molecular weight excluding hydrogens is 256 g/mol. The number of benzene rings is 2. The maximum atomic E-state index is 11.0. The van der Waals surface area contributed by atoms with Gasteiger partial charge in [0.05, 0.1) is 20.3 Å². The summed E-state index contributed by atoms with van der Waals surface area (Å²) in [4.78, 5) is 11.0. The third kappa shape index (κ3) is 3.09. The van der Waals surface area contributed by atoms with E-state index in [-0.39, 0.29) is 5.97 Å². The average Bonchev–Trinajstić information content (AvgIpc) is 2.46. The fourth-order valence-corrected chi connectivity index (χ4v) is 1.86. The first-order valence-corrected chi connectivity index (χ1v) is 6.07. The van der Waals surface area contributed by atoms with Crippen molar-refractivity contribution in [3.8, 4) is 28.4 Å². The molecule has 0 aromatic heterocycles. The summed E-state index contributed by atoms with van der Waals surface area (Å²) in [5, 5.41) is 0. The van der Waals surface area contributed by atoms with Gasteiger partial charge in [-0.2, -0.15) is 0 Å². The number of ether oxygens (including phenoxy) is 3. The molecule has 2 aromatic rings. The molecule has 103 valence electrons. The summed E-state index contributed by atoms with van der Waals surface area (Å²) in [5.74, 6) is 1.31. The molecule has 0 aliphatic rings. The second-order valence-corrected chi connectivity index (χ2v) is 4.10. The molecule has 0 aliphatic carbocycles. The van der Waals surface area contributed by atoms with E-state index in [4.69, 9.17) is 14.2 Å². The number of esters is 1. The largest absolute Gasteiger partial charge is 0.496 e. The number of carbonyl (C=O) groups excluding carboxylic acids is 1. The van der Waals surface area contributed by atoms with Crippen LogP contribution in [0.1, 0.15) is 6.92 Å². The standard InChI is InChI=1S/C16H15O4/c1-11(17)20-14-6-4-5-12(9-14)15-8-7-13(18-2)10-16(15)19-3/h4-9H,1-3H3. The van der Waals surface area contributed by atoms with Crippen molar-refractivity contribution in [2.75, 3.05) is 14.2 Å². The van der Waals surface area contributed by atoms with Crippen LogP contribution in [0.3, 0.4) is 0 Å². The molecule has 4 heteroatoms. The number of hydrogen-bond donors (Lipinski definition) is 0. The highest BCUT2D eigenvalue weighted by Crippen LogP contribution is 2.34. The van der Waals surface area contributed by atoms with Crippen molar-refractivity contribution in [3.05, 3.63) is 42.5 Å². The molecular formula is C16H15O4. The fourth-order valence-electron chi connectivity index (χ4n) is 1.86. The lowest BCUT2D eigenvalue weighted by molar-refractivity contribution is -0.131. The highest BCUT2D eigenvalue weighted by molar-refractivity contribution is 5.74. The van der Waals surface area contributed by atoms with Crippen molar-refractivity contribution >= 4 is 5.97 Å². The summed E-state index contributed by atoms with van der Waals surface area (Å²) >= 11 is 0. The van der Waals surface area contributed by atoms with Gasteiger partial charge in [-0.1, -0.05) is 12.1 Å². The minimum atomic E-state index is -0.351. The van der Waals surface area contributed by atoms with E-state index in [1.807, 2.05) is 18.2 Å². The Bertz CT molecular complexity index is 620. The second kappa shape index (κ2) is 6.10. The molecule has 4 nitrogen and oxygen atoms in total. The Morgan fingerprint density at radius 2 is 1.90 bits per heavy atom. The Labute approximate surface area is 117 Å². The Kier molecular flexibility index (Phi) is 4.25. The Hall–Kier alpha value is -2.49. The molecule has 0 N–H and O–H groups in total. The first-order valence-electron chi connectivity index (χ1n) is 6.07. The summed E-state index contributed by atoms with van der Waals surface area (Å²) in [6.45, 7) is 1.37. The molecule has 0 aliphatic heterocycles. The molecule has 0 amide bonds. The molecule has 0 bridgehead atoms. The number of methoxy groups -OCH3 is 2. The number of rotatable bonds is 4. The molecule has 0 saturated carbocycles. The van der Waals surface area contributed by atoms with Crippen molar-refractivity contribution in [1.82, 2.24) is 0 Å². The van der Waals surface area contributed by atoms with E-state index in [2.05, 4.69) is 6.07 Å². The molecule has 20 heavy (non-hydrogen) atoms. The topological polar surface area (TPSA) is 44.8 Å². The molecule has 0 spiro atoms. The fraction of sp³-hybridized carbons (Fsp3) is 0.188. The maximum absolute atomic E-state index is 11.0. The summed E-state index contributed by atoms with van der Waals surface area (Å²) < 4.78 is 15.5. The van der Waals surface area contributed by atoms with Gasteiger partial charge in [0.15, 0.2) is 0 Å². The summed E-state index contributed by atoms with van der Waals surface area (Å²) in [6.07, 6.45) is 0. The Morgan fingerprint density at radius 1 is 1.10 bits per heavy atom. The zero-order valence-corrected chi connectivity index (χ0v) is 11.6. The van der Waals surface area contributed by atoms with Gasteiger partial charge >= 0.3 is 5.97 Å². The average molecular weight is 271 g/mol. The van der Waals surface area contributed by atoms with E-state index in [9.17, 15) is 4.79 Å². The van der Waals surface area contributed by atoms with E-state index in [0.29, 0.717) is 17.2 Å². The molecule has 0 unspecified atom stereocenters. The van der Waals surface area contributed by atoms with Gasteiger partial charge in [-0.3, -0.25) is 4.79 Å². The lowest BCUT2D eigenvalue weighted by Gasteiger charge is -2.11. The minimum absolute atomic E-state index is 0.351. The van der Waals surface area contributed by atoms with E-state index >= 15 is 0 Å². The highest BCUT2D eigenvalue weighted by atomic mass is 16.5. The minimum Gasteiger partial charge on any atom is -0.496 e. The summed E-state index contributed by atoms with van der Waals surface area (Å²) in [6, 6.07) is 13.9. The third-order valence-corrected chi connectivity index (χ3v) is 2.71. The van der Waals surface area contributed by atoms with Crippen LogP contribution in [0.5, 0.6) is 17.2 Å². The first-order chi connectivity index (χ1) is 9.63. The first kappa shape index (κ1) is 13.9. The molecule has 2 rings (SSSR count). The van der Waals surface area contributed by atoms with Crippen LogP contribution >= 0.6 is 0 Å². The van der Waals surface area contributed by atoms with Gasteiger partial charge in [0.25, 0.3) is 0 Å². The smallest absolute Gasteiger partial charge is 0.308 e. The van der Waals surface area contributed by atoms with Gasteiger partial charge in [-0.25, -0.2) is 0 Å².